The van der Waals surface area contributed by atoms with Gasteiger partial charge in [0.15, 0.2) is 0 Å². The van der Waals surface area contributed by atoms with Crippen LogP contribution in [0.25, 0.3) is 11.1 Å². The van der Waals surface area contributed by atoms with Crippen molar-refractivity contribution in [2.45, 2.75) is 19.3 Å². The van der Waals surface area contributed by atoms with Crippen molar-refractivity contribution < 1.29 is 9.18 Å². The molecule has 0 aliphatic carbocycles. The van der Waals surface area contributed by atoms with E-state index in [2.05, 4.69) is 24.4 Å². The molecule has 2 aromatic carbocycles. The molecule has 0 saturated carbocycles. The average Bonchev–Trinajstić information content (AvgIpc) is 2.98. The number of amides is 1. The lowest BCUT2D eigenvalue weighted by Crippen LogP contribution is -2.22. The maximum atomic E-state index is 13.6. The molecule has 4 heteroatoms. The van der Waals surface area contributed by atoms with Crippen molar-refractivity contribution in [3.63, 3.8) is 0 Å². The molecule has 24 heavy (non-hydrogen) atoms. The summed E-state index contributed by atoms with van der Waals surface area (Å²) in [6.07, 6.45) is 0.445. The second-order valence-corrected chi connectivity index (χ2v) is 6.97. The van der Waals surface area contributed by atoms with Crippen LogP contribution in [0.2, 0.25) is 0 Å². The molecule has 0 spiro atoms. The molecule has 0 radical (unpaired) electrons. The minimum absolute atomic E-state index is 0.00630. The van der Waals surface area contributed by atoms with Crippen LogP contribution in [0.15, 0.2) is 53.9 Å². The lowest BCUT2D eigenvalue weighted by molar-refractivity contribution is -0.116. The standard InChI is InChI=1S/C20H16FNOS/c1-12-5-2-3-8-15(12)16-10-18(23)22-19-17(11-24-20(16)19)13-6-4-7-14(21)9-13/h2-9,11,16H,10H2,1H3,(H,22,23)/t16-/m0/s1. The Kier molecular flexibility index (Phi) is 3.69. The number of aryl methyl sites for hydroxylation is 1. The summed E-state index contributed by atoms with van der Waals surface area (Å²) in [5.41, 5.74) is 4.87. The number of anilines is 1. The van der Waals surface area contributed by atoms with Crippen molar-refractivity contribution in [3.8, 4) is 11.1 Å². The van der Waals surface area contributed by atoms with Crippen LogP contribution >= 0.6 is 11.3 Å². The Labute approximate surface area is 144 Å². The zero-order valence-electron chi connectivity index (χ0n) is 13.2. The largest absolute Gasteiger partial charge is 0.325 e. The smallest absolute Gasteiger partial charge is 0.225 e. The number of thiophene rings is 1. The Morgan fingerprint density at radius 2 is 2.00 bits per heavy atom. The van der Waals surface area contributed by atoms with Crippen LogP contribution in [-0.4, -0.2) is 5.91 Å². The highest BCUT2D eigenvalue weighted by Gasteiger charge is 2.31. The Morgan fingerprint density at radius 1 is 1.17 bits per heavy atom. The minimum Gasteiger partial charge on any atom is -0.325 e. The van der Waals surface area contributed by atoms with Gasteiger partial charge in [0, 0.05) is 28.2 Å². The fraction of sp³-hybridized carbons (Fsp3) is 0.150. The van der Waals surface area contributed by atoms with E-state index in [0.717, 1.165) is 21.7 Å². The van der Waals surface area contributed by atoms with Crippen LogP contribution < -0.4 is 5.32 Å². The molecule has 1 atom stereocenters. The zero-order chi connectivity index (χ0) is 16.7. The monoisotopic (exact) mass is 337 g/mol. The average molecular weight is 337 g/mol. The van der Waals surface area contributed by atoms with Crippen LogP contribution in [0, 0.1) is 12.7 Å². The van der Waals surface area contributed by atoms with Crippen molar-refractivity contribution >= 4 is 22.9 Å². The van der Waals surface area contributed by atoms with Gasteiger partial charge in [0.25, 0.3) is 0 Å². The number of carbonyl (C=O) groups is 1. The van der Waals surface area contributed by atoms with Gasteiger partial charge in [-0.3, -0.25) is 4.79 Å². The Bertz CT molecular complexity index is 931. The van der Waals surface area contributed by atoms with Gasteiger partial charge in [-0.25, -0.2) is 4.39 Å². The third kappa shape index (κ3) is 2.53. The zero-order valence-corrected chi connectivity index (χ0v) is 14.0. The van der Waals surface area contributed by atoms with E-state index in [1.165, 1.54) is 23.3 Å². The van der Waals surface area contributed by atoms with Gasteiger partial charge in [-0.1, -0.05) is 36.4 Å². The number of hydrogen-bond acceptors (Lipinski definition) is 2. The van der Waals surface area contributed by atoms with Crippen LogP contribution in [0.1, 0.15) is 28.3 Å². The quantitative estimate of drug-likeness (QED) is 0.672. The molecule has 1 amide bonds. The van der Waals surface area contributed by atoms with Crippen LogP contribution in [0.4, 0.5) is 10.1 Å². The fourth-order valence-electron chi connectivity index (χ4n) is 3.32. The molecule has 1 aromatic heterocycles. The van der Waals surface area contributed by atoms with Gasteiger partial charge in [-0.05, 0) is 35.7 Å². The first-order valence-electron chi connectivity index (χ1n) is 7.86. The van der Waals surface area contributed by atoms with Crippen LogP contribution in [0.3, 0.4) is 0 Å². The molecule has 0 fully saturated rings. The van der Waals surface area contributed by atoms with E-state index in [4.69, 9.17) is 0 Å². The normalized spacial score (nSPS) is 16.6. The Balaban J connectivity index is 1.85. The summed E-state index contributed by atoms with van der Waals surface area (Å²) in [4.78, 5) is 13.4. The molecule has 4 rings (SSSR count). The van der Waals surface area contributed by atoms with Crippen molar-refractivity contribution in [2.24, 2.45) is 0 Å². The second kappa shape index (κ2) is 5.87. The first kappa shape index (κ1) is 15.1. The van der Waals surface area contributed by atoms with Gasteiger partial charge in [0.2, 0.25) is 5.91 Å². The van der Waals surface area contributed by atoms with Crippen molar-refractivity contribution in [3.05, 3.63) is 75.7 Å². The summed E-state index contributed by atoms with van der Waals surface area (Å²) in [7, 11) is 0. The molecule has 120 valence electrons. The summed E-state index contributed by atoms with van der Waals surface area (Å²) in [5, 5.41) is 5.00. The molecule has 0 bridgehead atoms. The van der Waals surface area contributed by atoms with Crippen molar-refractivity contribution in [1.29, 1.82) is 0 Å². The van der Waals surface area contributed by atoms with Crippen molar-refractivity contribution in [2.75, 3.05) is 5.32 Å². The predicted molar refractivity (Wildman–Crippen MR) is 96.0 cm³/mol. The van der Waals surface area contributed by atoms with E-state index in [1.807, 2.05) is 23.6 Å². The summed E-state index contributed by atoms with van der Waals surface area (Å²) in [5.74, 6) is -0.209. The SMILES string of the molecule is Cc1ccccc1[C@@H]1CC(=O)Nc2c(-c3cccc(F)c3)csc21. The van der Waals surface area contributed by atoms with E-state index in [-0.39, 0.29) is 17.6 Å². The molecule has 0 unspecified atom stereocenters. The van der Waals surface area contributed by atoms with Gasteiger partial charge in [0.05, 0.1) is 5.69 Å². The fourth-order valence-corrected chi connectivity index (χ4v) is 4.48. The third-order valence-electron chi connectivity index (χ3n) is 4.49. The van der Waals surface area contributed by atoms with Gasteiger partial charge in [0.1, 0.15) is 5.82 Å². The molecular weight excluding hydrogens is 321 g/mol. The molecule has 3 aromatic rings. The molecule has 2 nitrogen and oxygen atoms in total. The third-order valence-corrected chi connectivity index (χ3v) is 5.59. The first-order valence-corrected chi connectivity index (χ1v) is 8.74. The predicted octanol–water partition coefficient (Wildman–Crippen LogP) is 5.34. The number of benzene rings is 2. The Hall–Kier alpha value is -2.46. The number of fused-ring (bicyclic) bond motifs is 1. The van der Waals surface area contributed by atoms with Crippen molar-refractivity contribution in [1.82, 2.24) is 0 Å². The molecule has 1 N–H and O–H groups in total. The topological polar surface area (TPSA) is 29.1 Å². The van der Waals surface area contributed by atoms with E-state index in [0.29, 0.717) is 6.42 Å². The summed E-state index contributed by atoms with van der Waals surface area (Å²) in [6, 6.07) is 14.7. The highest BCUT2D eigenvalue weighted by atomic mass is 32.1. The first-order chi connectivity index (χ1) is 11.6. The number of rotatable bonds is 2. The van der Waals surface area contributed by atoms with Gasteiger partial charge >= 0.3 is 0 Å². The van der Waals surface area contributed by atoms with Crippen LogP contribution in [0.5, 0.6) is 0 Å². The summed E-state index contributed by atoms with van der Waals surface area (Å²) >= 11 is 1.63. The molecule has 1 aliphatic heterocycles. The van der Waals surface area contributed by atoms with Gasteiger partial charge in [-0.15, -0.1) is 11.3 Å². The molecular formula is C20H16FNOS. The van der Waals surface area contributed by atoms with E-state index in [9.17, 15) is 9.18 Å². The lowest BCUT2D eigenvalue weighted by Gasteiger charge is -2.25. The Morgan fingerprint density at radius 3 is 2.79 bits per heavy atom. The highest BCUT2D eigenvalue weighted by Crippen LogP contribution is 2.47. The second-order valence-electron chi connectivity index (χ2n) is 6.06. The molecule has 0 saturated heterocycles. The van der Waals surface area contributed by atoms with E-state index >= 15 is 0 Å². The summed E-state index contributed by atoms with van der Waals surface area (Å²) in [6.45, 7) is 2.07. The maximum absolute atomic E-state index is 13.6. The molecule has 2 heterocycles. The van der Waals surface area contributed by atoms with Crippen LogP contribution in [-0.2, 0) is 4.79 Å². The maximum Gasteiger partial charge on any atom is 0.225 e. The lowest BCUT2D eigenvalue weighted by atomic mass is 9.87. The number of halogens is 1. The summed E-state index contributed by atoms with van der Waals surface area (Å²) < 4.78 is 13.6. The van der Waals surface area contributed by atoms with Gasteiger partial charge < -0.3 is 5.32 Å². The van der Waals surface area contributed by atoms with E-state index in [1.54, 1.807) is 17.4 Å². The minimum atomic E-state index is -0.273. The number of hydrogen-bond donors (Lipinski definition) is 1. The number of nitrogens with one attached hydrogen (secondary N) is 1. The highest BCUT2D eigenvalue weighted by molar-refractivity contribution is 7.11. The molecule has 1 aliphatic rings. The number of carbonyl (C=O) groups excluding carboxylic acids is 1. The van der Waals surface area contributed by atoms with E-state index < -0.39 is 0 Å². The van der Waals surface area contributed by atoms with Gasteiger partial charge in [-0.2, -0.15) is 0 Å².